The Morgan fingerprint density at radius 1 is 0.410 bits per heavy atom. The molecule has 0 radical (unpaired) electrons. The molecule has 3 aromatic heterocycles. The fraction of sp³-hybridized carbons (Fsp3) is 0.750. The lowest BCUT2D eigenvalue weighted by Crippen LogP contribution is -2.56. The van der Waals surface area contributed by atoms with Gasteiger partial charge in [-0.1, -0.05) is 55.7 Å². The molecule has 0 unspecified atom stereocenters. The summed E-state index contributed by atoms with van der Waals surface area (Å²) in [7, 11) is 0. The van der Waals surface area contributed by atoms with Gasteiger partial charge in [0.25, 0.3) is 0 Å². The van der Waals surface area contributed by atoms with Gasteiger partial charge in [-0.2, -0.15) is 0 Å². The SMILES string of the molecule is CCCCSc1c(COCc2cn([C@@H]3O[C@H](CO)[C@@H](O)[C@H](O)[C@H]3O)nn2)c(SCCCC)c(COCc2cn([C@@H]3O[C@H](CO)[C@@H](O)[C@H](O)[C@H]3O)nn2)c(SCCCC)c1COCc1cn([C@@H]2O[C@H](CO)[C@@H](O)[C@H](O)[C@H]2O)nn1. The molecule has 438 valence electrons. The average molecular weight is 1160 g/mol. The minimum absolute atomic E-state index is 0.0472. The molecule has 6 heterocycles. The first-order valence-corrected chi connectivity index (χ1v) is 29.1. The van der Waals surface area contributed by atoms with E-state index in [9.17, 15) is 61.3 Å². The minimum Gasteiger partial charge on any atom is -0.394 e. The van der Waals surface area contributed by atoms with Crippen LogP contribution in [0.1, 0.15) is 112 Å². The Labute approximate surface area is 463 Å². The van der Waals surface area contributed by atoms with Crippen LogP contribution in [0.2, 0.25) is 0 Å². The van der Waals surface area contributed by atoms with Crippen molar-refractivity contribution in [1.82, 2.24) is 45.0 Å². The average Bonchev–Trinajstić information content (AvgIpc) is 4.24. The van der Waals surface area contributed by atoms with Crippen molar-refractivity contribution < 1.29 is 89.7 Å². The highest BCUT2D eigenvalue weighted by Gasteiger charge is 2.47. The number of aliphatic hydroxyl groups is 12. The smallest absolute Gasteiger partial charge is 0.180 e. The van der Waals surface area contributed by atoms with Crippen LogP contribution in [0.15, 0.2) is 33.3 Å². The maximum Gasteiger partial charge on any atom is 0.180 e. The van der Waals surface area contributed by atoms with Gasteiger partial charge in [-0.3, -0.25) is 0 Å². The van der Waals surface area contributed by atoms with E-state index in [4.69, 9.17) is 28.4 Å². The molecule has 3 aliphatic heterocycles. The molecular formula is C48H75N9O18S3. The zero-order valence-corrected chi connectivity index (χ0v) is 46.1. The van der Waals surface area contributed by atoms with Crippen molar-refractivity contribution in [1.29, 1.82) is 0 Å². The molecule has 0 amide bonds. The molecule has 30 heteroatoms. The van der Waals surface area contributed by atoms with Crippen LogP contribution in [0.4, 0.5) is 0 Å². The summed E-state index contributed by atoms with van der Waals surface area (Å²) in [6.07, 6.45) is -11.5. The highest BCUT2D eigenvalue weighted by molar-refractivity contribution is 8.01. The van der Waals surface area contributed by atoms with E-state index < -0.39 is 112 Å². The fourth-order valence-electron chi connectivity index (χ4n) is 8.91. The molecule has 15 atom stereocenters. The number of hydrogen-bond acceptors (Lipinski definition) is 27. The largest absolute Gasteiger partial charge is 0.394 e. The Kier molecular flexibility index (Phi) is 24.3. The number of hydrogen-bond donors (Lipinski definition) is 12. The van der Waals surface area contributed by atoms with Crippen LogP contribution in [0, 0.1) is 0 Å². The summed E-state index contributed by atoms with van der Waals surface area (Å²) >= 11 is 5.06. The molecule has 27 nitrogen and oxygen atoms in total. The number of nitrogens with zero attached hydrogens (tertiary/aromatic N) is 9. The highest BCUT2D eigenvalue weighted by atomic mass is 32.2. The molecular weight excluding hydrogens is 1090 g/mol. The molecule has 0 spiro atoms. The predicted molar refractivity (Wildman–Crippen MR) is 276 cm³/mol. The summed E-state index contributed by atoms with van der Waals surface area (Å²) in [6.45, 7) is 4.61. The second-order valence-electron chi connectivity index (χ2n) is 19.2. The predicted octanol–water partition coefficient (Wildman–Crippen LogP) is -0.795. The van der Waals surface area contributed by atoms with E-state index in [2.05, 4.69) is 51.7 Å². The Balaban J connectivity index is 1.23. The van der Waals surface area contributed by atoms with Crippen LogP contribution in [-0.2, 0) is 68.1 Å². The zero-order chi connectivity index (χ0) is 56.0. The van der Waals surface area contributed by atoms with Gasteiger partial charge < -0.3 is 89.7 Å². The van der Waals surface area contributed by atoms with E-state index in [0.717, 1.165) is 87.2 Å². The van der Waals surface area contributed by atoms with Crippen LogP contribution in [0.25, 0.3) is 0 Å². The van der Waals surface area contributed by atoms with E-state index in [-0.39, 0.29) is 39.6 Å². The van der Waals surface area contributed by atoms with Gasteiger partial charge in [-0.25, -0.2) is 14.0 Å². The first-order valence-electron chi connectivity index (χ1n) is 26.2. The van der Waals surface area contributed by atoms with Gasteiger partial charge in [0, 0.05) is 31.4 Å². The number of benzene rings is 1. The molecule has 4 aromatic rings. The van der Waals surface area contributed by atoms with Crippen LogP contribution in [0.3, 0.4) is 0 Å². The summed E-state index contributed by atoms with van der Waals surface area (Å²) in [6, 6.07) is 0. The van der Waals surface area contributed by atoms with E-state index >= 15 is 0 Å². The molecule has 3 aliphatic rings. The lowest BCUT2D eigenvalue weighted by molar-refractivity contribution is -0.254. The van der Waals surface area contributed by atoms with Gasteiger partial charge >= 0.3 is 0 Å². The van der Waals surface area contributed by atoms with Gasteiger partial charge in [-0.05, 0) is 36.5 Å². The van der Waals surface area contributed by atoms with Crippen LogP contribution >= 0.6 is 35.3 Å². The highest BCUT2D eigenvalue weighted by Crippen LogP contribution is 2.46. The lowest BCUT2D eigenvalue weighted by Gasteiger charge is -2.39. The second kappa shape index (κ2) is 30.3. The standard InChI is InChI=1S/C48H75N9O18S3/c1-4-7-10-76-43-28(22-70-19-25-13-55(52-49-25)46-40(67)37(64)34(61)31(16-58)73-46)44(77-11-8-5-2)30(24-72-21-27-15-57(54-51-27)48-42(69)39(66)36(63)33(18-60)75-48)45(78-12-9-6-3)29(43)23-71-20-26-14-56(53-50-26)47-41(68)38(65)35(62)32(17-59)74-47/h13-15,31-42,46-48,58-69H,4-12,16-24H2,1-3H3/t31-,32-,33-,34-,35-,36-,37+,38+,39+,40-,41-,42-,46-,47-,48-/m1/s1. The molecule has 1 aromatic carbocycles. The first kappa shape index (κ1) is 62.6. The number of unbranched alkanes of at least 4 members (excludes halogenated alkanes) is 3. The van der Waals surface area contributed by atoms with Crippen LogP contribution in [0.5, 0.6) is 0 Å². The lowest BCUT2D eigenvalue weighted by atomic mass is 9.98. The zero-order valence-electron chi connectivity index (χ0n) is 43.7. The van der Waals surface area contributed by atoms with Gasteiger partial charge in [-0.15, -0.1) is 50.6 Å². The topological polar surface area (TPSA) is 390 Å². The second-order valence-corrected chi connectivity index (χ2v) is 22.6. The van der Waals surface area contributed by atoms with E-state index in [0.29, 0.717) is 17.1 Å². The number of aliphatic hydroxyl groups excluding tert-OH is 12. The van der Waals surface area contributed by atoms with E-state index in [1.807, 2.05) is 0 Å². The maximum atomic E-state index is 10.8. The Hall–Kier alpha value is -3.03. The van der Waals surface area contributed by atoms with Gasteiger partial charge in [0.2, 0.25) is 0 Å². The van der Waals surface area contributed by atoms with Crippen LogP contribution < -0.4 is 0 Å². The molecule has 0 bridgehead atoms. The number of ether oxygens (including phenoxy) is 6. The molecule has 0 aliphatic carbocycles. The monoisotopic (exact) mass is 1160 g/mol. The molecule has 3 fully saturated rings. The van der Waals surface area contributed by atoms with Crippen molar-refractivity contribution >= 4 is 35.3 Å². The molecule has 78 heavy (non-hydrogen) atoms. The van der Waals surface area contributed by atoms with Gasteiger partial charge in [0.05, 0.1) is 78.1 Å². The Morgan fingerprint density at radius 2 is 0.679 bits per heavy atom. The van der Waals surface area contributed by atoms with Crippen LogP contribution in [-0.4, -0.2) is 217 Å². The third-order valence-corrected chi connectivity index (χ3v) is 17.2. The van der Waals surface area contributed by atoms with Crippen molar-refractivity contribution in [2.75, 3.05) is 37.1 Å². The van der Waals surface area contributed by atoms with Gasteiger partial charge in [0.1, 0.15) is 90.3 Å². The summed E-state index contributed by atoms with van der Waals surface area (Å²) in [4.78, 5) is 2.84. The molecule has 12 N–H and O–H groups in total. The Bertz CT molecular complexity index is 2160. The van der Waals surface area contributed by atoms with Crippen molar-refractivity contribution in [3.63, 3.8) is 0 Å². The van der Waals surface area contributed by atoms with Crippen molar-refractivity contribution in [2.24, 2.45) is 0 Å². The summed E-state index contributed by atoms with van der Waals surface area (Å²) in [5.41, 5.74) is 3.70. The van der Waals surface area contributed by atoms with Crippen molar-refractivity contribution in [2.45, 2.75) is 206 Å². The third-order valence-electron chi connectivity index (χ3n) is 13.4. The quantitative estimate of drug-likeness (QED) is 0.0225. The molecule has 7 rings (SSSR count). The van der Waals surface area contributed by atoms with Crippen molar-refractivity contribution in [3.8, 4) is 0 Å². The fourth-order valence-corrected chi connectivity index (χ4v) is 13.0. The number of rotatable bonds is 30. The molecule has 3 saturated heterocycles. The molecule has 0 saturated carbocycles. The van der Waals surface area contributed by atoms with Gasteiger partial charge in [0.15, 0.2) is 18.7 Å². The maximum absolute atomic E-state index is 10.8. The number of thioether (sulfide) groups is 3. The van der Waals surface area contributed by atoms with E-state index in [1.165, 1.54) is 32.6 Å². The third kappa shape index (κ3) is 15.0. The number of aromatic nitrogens is 9. The van der Waals surface area contributed by atoms with E-state index in [1.54, 1.807) is 35.3 Å². The normalized spacial score (nSPS) is 29.7. The first-order chi connectivity index (χ1) is 37.7. The minimum atomic E-state index is -1.62. The summed E-state index contributed by atoms with van der Waals surface area (Å²) in [5, 5.41) is 149. The summed E-state index contributed by atoms with van der Waals surface area (Å²) in [5.74, 6) is 2.28. The Morgan fingerprint density at radius 3 is 0.923 bits per heavy atom. The van der Waals surface area contributed by atoms with Crippen molar-refractivity contribution in [3.05, 3.63) is 52.4 Å². The summed E-state index contributed by atoms with van der Waals surface area (Å²) < 4.78 is 40.3.